The number of phenols is 1. The highest BCUT2D eigenvalue weighted by Crippen LogP contribution is 2.52. The minimum Gasteiger partial charge on any atom is -0.510 e. The second-order valence-corrected chi connectivity index (χ2v) is 9.15. The van der Waals surface area contributed by atoms with E-state index in [-0.39, 0.29) is 28.4 Å². The normalized spacial score (nSPS) is 27.9. The van der Waals surface area contributed by atoms with Crippen LogP contribution in [0.2, 0.25) is 0 Å². The molecule has 34 heavy (non-hydrogen) atoms. The zero-order valence-electron chi connectivity index (χ0n) is 18.5. The molecule has 0 saturated carbocycles. The Labute approximate surface area is 200 Å². The van der Waals surface area contributed by atoms with Crippen molar-refractivity contribution in [3.05, 3.63) is 52.0 Å². The van der Waals surface area contributed by atoms with Crippen molar-refractivity contribution >= 4 is 34.8 Å². The van der Waals surface area contributed by atoms with Crippen molar-refractivity contribution in [2.75, 3.05) is 14.1 Å². The number of benzene rings is 1. The molecule has 1 amide bonds. The van der Waals surface area contributed by atoms with Gasteiger partial charge in [-0.3, -0.25) is 19.3 Å². The van der Waals surface area contributed by atoms with Crippen LogP contribution < -0.4 is 17.2 Å². The standard InChI is InChI=1S/C21H22N2O7.CH4N2S/c1-23(2)15-10-7-9-6-8-4-3-5-11(24)12(8)16(25)13(9)18(27)21(10,30)19(28)14(17(15)26)20(22)29;2-1(3)4/h3-5,9-10,15,24,26-27,30H,6-7H2,1-2H3,(H2,22,29);(H4,2,3,4)/t9-,10-,15-,21-;/m0./s1. The Morgan fingerprint density at radius 3 is 2.26 bits per heavy atom. The number of rotatable bonds is 2. The number of aromatic hydroxyl groups is 1. The van der Waals surface area contributed by atoms with Gasteiger partial charge in [-0.25, -0.2) is 0 Å². The zero-order valence-corrected chi connectivity index (χ0v) is 19.3. The van der Waals surface area contributed by atoms with E-state index in [0.29, 0.717) is 12.0 Å². The number of hydrogen-bond acceptors (Lipinski definition) is 9. The molecule has 0 unspecified atom stereocenters. The molecule has 0 heterocycles. The van der Waals surface area contributed by atoms with Crippen LogP contribution in [0, 0.1) is 11.8 Å². The first-order chi connectivity index (χ1) is 15.7. The largest absolute Gasteiger partial charge is 0.510 e. The van der Waals surface area contributed by atoms with E-state index in [1.54, 1.807) is 26.2 Å². The van der Waals surface area contributed by atoms with Crippen molar-refractivity contribution in [3.8, 4) is 5.75 Å². The van der Waals surface area contributed by atoms with Crippen LogP contribution in [0.15, 0.2) is 40.9 Å². The Kier molecular flexibility index (Phi) is 6.44. The van der Waals surface area contributed by atoms with Gasteiger partial charge >= 0.3 is 0 Å². The molecule has 1 aromatic rings. The third kappa shape index (κ3) is 3.69. The third-order valence-corrected chi connectivity index (χ3v) is 6.46. The number of amides is 1. The highest BCUT2D eigenvalue weighted by Gasteiger charge is 2.63. The van der Waals surface area contributed by atoms with E-state index >= 15 is 0 Å². The summed E-state index contributed by atoms with van der Waals surface area (Å²) in [6.45, 7) is 0. The summed E-state index contributed by atoms with van der Waals surface area (Å²) in [7, 11) is 3.18. The minimum absolute atomic E-state index is 0.000000000000000222. The lowest BCUT2D eigenvalue weighted by atomic mass is 9.58. The van der Waals surface area contributed by atoms with Crippen LogP contribution in [0.4, 0.5) is 0 Å². The number of nitrogens with zero attached hydrogens (tertiary/aromatic N) is 1. The number of likely N-dealkylation sites (N-methyl/N-ethyl adjacent to an activating group) is 1. The first-order valence-electron chi connectivity index (χ1n) is 10.3. The molecule has 4 rings (SSSR count). The van der Waals surface area contributed by atoms with Crippen LogP contribution in [-0.4, -0.2) is 73.7 Å². The lowest BCUT2D eigenvalue weighted by Crippen LogP contribution is -2.63. The number of nitrogens with two attached hydrogens (primary N) is 3. The van der Waals surface area contributed by atoms with Gasteiger partial charge in [-0.05, 0) is 56.7 Å². The molecular formula is C22H26N4O7S. The molecule has 182 valence electrons. The number of phenolic OH excluding ortho intramolecular Hbond substituents is 1. The summed E-state index contributed by atoms with van der Waals surface area (Å²) < 4.78 is 0. The first-order valence-corrected chi connectivity index (χ1v) is 10.7. The Balaban J connectivity index is 0.000000751. The summed E-state index contributed by atoms with van der Waals surface area (Å²) in [6, 6.07) is 3.66. The first kappa shape index (κ1) is 25.1. The summed E-state index contributed by atoms with van der Waals surface area (Å²) >= 11 is 4.09. The molecule has 0 radical (unpaired) electrons. The van der Waals surface area contributed by atoms with Crippen molar-refractivity contribution in [2.45, 2.75) is 24.5 Å². The monoisotopic (exact) mass is 490 g/mol. The van der Waals surface area contributed by atoms with Gasteiger partial charge in [0.05, 0.1) is 11.6 Å². The number of thiocarbonyl (C=S) groups is 1. The van der Waals surface area contributed by atoms with Crippen LogP contribution in [-0.2, 0) is 16.0 Å². The number of fused-ring (bicyclic) bond motifs is 3. The number of primary amides is 1. The van der Waals surface area contributed by atoms with E-state index < -0.39 is 58.0 Å². The maximum absolute atomic E-state index is 13.1. The summed E-state index contributed by atoms with van der Waals surface area (Å²) in [6.07, 6.45) is 0.379. The molecule has 3 aliphatic rings. The maximum Gasteiger partial charge on any atom is 0.255 e. The molecule has 0 fully saturated rings. The van der Waals surface area contributed by atoms with E-state index in [1.807, 2.05) is 0 Å². The average molecular weight is 491 g/mol. The zero-order chi connectivity index (χ0) is 25.7. The summed E-state index contributed by atoms with van der Waals surface area (Å²) in [5.41, 5.74) is 11.5. The number of carbonyl (C=O) groups excluding carboxylic acids is 3. The number of allylic oxidation sites excluding steroid dienone is 1. The Morgan fingerprint density at radius 2 is 1.74 bits per heavy atom. The fourth-order valence-corrected chi connectivity index (χ4v) is 5.19. The third-order valence-electron chi connectivity index (χ3n) is 6.46. The number of aliphatic hydroxyl groups is 3. The van der Waals surface area contributed by atoms with Crippen LogP contribution >= 0.6 is 12.2 Å². The predicted molar refractivity (Wildman–Crippen MR) is 125 cm³/mol. The molecule has 0 spiro atoms. The molecule has 0 aliphatic heterocycles. The molecule has 0 bridgehead atoms. The molecule has 4 atom stereocenters. The Hall–Kier alpha value is -3.48. The molecule has 3 aliphatic carbocycles. The molecule has 0 aromatic heterocycles. The van der Waals surface area contributed by atoms with Gasteiger partial charge in [0.1, 0.15) is 22.8 Å². The van der Waals surface area contributed by atoms with Crippen molar-refractivity contribution in [2.24, 2.45) is 29.0 Å². The molecule has 11 nitrogen and oxygen atoms in total. The topological polar surface area (TPSA) is 213 Å². The van der Waals surface area contributed by atoms with Gasteiger partial charge in [0, 0.05) is 11.5 Å². The number of hydrogen-bond donors (Lipinski definition) is 7. The van der Waals surface area contributed by atoms with Gasteiger partial charge in [0.2, 0.25) is 5.78 Å². The molecule has 12 heteroatoms. The van der Waals surface area contributed by atoms with Gasteiger partial charge < -0.3 is 37.6 Å². The number of carbonyl (C=O) groups is 3. The minimum atomic E-state index is -2.60. The van der Waals surface area contributed by atoms with E-state index in [1.165, 1.54) is 11.0 Å². The molecule has 0 saturated heterocycles. The quantitative estimate of drug-likeness (QED) is 0.203. The van der Waals surface area contributed by atoms with E-state index in [4.69, 9.17) is 5.73 Å². The lowest BCUT2D eigenvalue weighted by molar-refractivity contribution is -0.148. The number of Topliss-reactive ketones (excluding diaryl/α,β-unsaturated/α-hetero) is 2. The second kappa shape index (κ2) is 8.70. The maximum atomic E-state index is 13.1. The van der Waals surface area contributed by atoms with Gasteiger partial charge in [-0.15, -0.1) is 0 Å². The van der Waals surface area contributed by atoms with Gasteiger partial charge in [0.15, 0.2) is 16.5 Å². The summed E-state index contributed by atoms with van der Waals surface area (Å²) in [5, 5.41) is 43.2. The summed E-state index contributed by atoms with van der Waals surface area (Å²) in [4.78, 5) is 39.6. The van der Waals surface area contributed by atoms with Crippen LogP contribution in [0.3, 0.4) is 0 Å². The van der Waals surface area contributed by atoms with E-state index in [9.17, 15) is 34.8 Å². The van der Waals surface area contributed by atoms with Crippen LogP contribution in [0.1, 0.15) is 22.3 Å². The summed E-state index contributed by atoms with van der Waals surface area (Å²) in [5.74, 6) is -6.42. The number of ketones is 2. The fraction of sp³-hybridized carbons (Fsp3) is 0.364. The van der Waals surface area contributed by atoms with Crippen molar-refractivity contribution in [1.29, 1.82) is 0 Å². The molecular weight excluding hydrogens is 464 g/mol. The smallest absolute Gasteiger partial charge is 0.255 e. The van der Waals surface area contributed by atoms with Gasteiger partial charge in [0.25, 0.3) is 5.91 Å². The lowest BCUT2D eigenvalue weighted by Gasteiger charge is -2.50. The molecule has 1 aromatic carbocycles. The van der Waals surface area contributed by atoms with Crippen LogP contribution in [0.25, 0.3) is 0 Å². The Morgan fingerprint density at radius 1 is 1.15 bits per heavy atom. The Bertz CT molecular complexity index is 1170. The van der Waals surface area contributed by atoms with Crippen LogP contribution in [0.5, 0.6) is 5.75 Å². The highest BCUT2D eigenvalue weighted by atomic mass is 32.1. The van der Waals surface area contributed by atoms with E-state index in [0.717, 1.165) is 0 Å². The van der Waals surface area contributed by atoms with Gasteiger partial charge in [-0.1, -0.05) is 12.1 Å². The SMILES string of the molecule is CN(C)[C@@H]1C(O)=C(C(N)=O)C(=O)[C@@]2(O)C(O)=C3C(=O)c4c(O)cccc4C[C@H]3C[C@@H]12.NC(N)=S. The number of aliphatic hydroxyl groups excluding tert-OH is 2. The van der Waals surface area contributed by atoms with Crippen molar-refractivity contribution in [1.82, 2.24) is 4.90 Å². The predicted octanol–water partition coefficient (Wildman–Crippen LogP) is -0.691. The van der Waals surface area contributed by atoms with E-state index in [2.05, 4.69) is 23.7 Å². The van der Waals surface area contributed by atoms with Gasteiger partial charge in [-0.2, -0.15) is 0 Å². The molecule has 10 N–H and O–H groups in total. The van der Waals surface area contributed by atoms with Crippen molar-refractivity contribution < 1.29 is 34.8 Å². The fourth-order valence-electron chi connectivity index (χ4n) is 5.19. The second-order valence-electron chi connectivity index (χ2n) is 8.68. The van der Waals surface area contributed by atoms with Crippen molar-refractivity contribution in [3.63, 3.8) is 0 Å². The highest BCUT2D eigenvalue weighted by molar-refractivity contribution is 7.80. The average Bonchev–Trinajstić information content (AvgIpc) is 2.70.